The third kappa shape index (κ3) is 3.72. The van der Waals surface area contributed by atoms with Gasteiger partial charge in [0.05, 0.1) is 22.9 Å². The Bertz CT molecular complexity index is 939. The molecule has 1 aliphatic heterocycles. The lowest BCUT2D eigenvalue weighted by Gasteiger charge is -2.16. The van der Waals surface area contributed by atoms with Crippen LogP contribution in [0.5, 0.6) is 0 Å². The van der Waals surface area contributed by atoms with E-state index in [0.29, 0.717) is 12.2 Å². The molecule has 2 aromatic carbocycles. The summed E-state index contributed by atoms with van der Waals surface area (Å²) >= 11 is 0. The summed E-state index contributed by atoms with van der Waals surface area (Å²) in [6, 6.07) is 18.1. The van der Waals surface area contributed by atoms with E-state index in [0.717, 1.165) is 29.7 Å². The molecule has 0 saturated carbocycles. The minimum absolute atomic E-state index is 0.0114. The van der Waals surface area contributed by atoms with Crippen LogP contribution in [-0.4, -0.2) is 39.9 Å². The SMILES string of the molecule is O=C(/C=C/c1cnc2ccccc2n1)N1CCC(Nc2ccccc2)C1. The van der Waals surface area contributed by atoms with Gasteiger partial charge in [-0.1, -0.05) is 30.3 Å². The predicted octanol–water partition coefficient (Wildman–Crippen LogP) is 3.36. The molecule has 0 aliphatic carbocycles. The first-order chi connectivity index (χ1) is 12.8. The van der Waals surface area contributed by atoms with Crippen LogP contribution in [0.4, 0.5) is 5.69 Å². The number of nitrogens with one attached hydrogen (secondary N) is 1. The van der Waals surface area contributed by atoms with Crippen molar-refractivity contribution in [2.45, 2.75) is 12.5 Å². The number of rotatable bonds is 4. The van der Waals surface area contributed by atoms with Gasteiger partial charge >= 0.3 is 0 Å². The Kier molecular flexibility index (Phi) is 4.60. The third-order valence-electron chi connectivity index (χ3n) is 4.51. The van der Waals surface area contributed by atoms with Gasteiger partial charge in [-0.25, -0.2) is 4.98 Å². The number of para-hydroxylation sites is 3. The number of amides is 1. The second-order valence-corrected chi connectivity index (χ2v) is 6.40. The van der Waals surface area contributed by atoms with E-state index in [9.17, 15) is 4.79 Å². The Hall–Kier alpha value is -3.21. The lowest BCUT2D eigenvalue weighted by Crippen LogP contribution is -2.30. The number of anilines is 1. The van der Waals surface area contributed by atoms with Gasteiger partial charge in [0.25, 0.3) is 0 Å². The fourth-order valence-electron chi connectivity index (χ4n) is 3.16. The van der Waals surface area contributed by atoms with Crippen LogP contribution in [0.1, 0.15) is 12.1 Å². The van der Waals surface area contributed by atoms with Crippen LogP contribution in [0.3, 0.4) is 0 Å². The van der Waals surface area contributed by atoms with Crippen molar-refractivity contribution in [3.8, 4) is 0 Å². The summed E-state index contributed by atoms with van der Waals surface area (Å²) in [5.74, 6) is 0.0114. The molecule has 2 heterocycles. The fraction of sp³-hybridized carbons (Fsp3) is 0.190. The van der Waals surface area contributed by atoms with Gasteiger partial charge in [-0.05, 0) is 36.8 Å². The zero-order valence-electron chi connectivity index (χ0n) is 14.4. The molecule has 1 amide bonds. The first-order valence-corrected chi connectivity index (χ1v) is 8.78. The number of fused-ring (bicyclic) bond motifs is 1. The van der Waals surface area contributed by atoms with E-state index in [2.05, 4.69) is 15.3 Å². The molecule has 5 heteroatoms. The lowest BCUT2D eigenvalue weighted by molar-refractivity contribution is -0.124. The normalized spacial score (nSPS) is 17.1. The molecule has 1 saturated heterocycles. The Morgan fingerprint density at radius 2 is 1.85 bits per heavy atom. The summed E-state index contributed by atoms with van der Waals surface area (Å²) in [5, 5.41) is 3.48. The Morgan fingerprint density at radius 3 is 2.69 bits per heavy atom. The van der Waals surface area contributed by atoms with E-state index in [-0.39, 0.29) is 11.9 Å². The second kappa shape index (κ2) is 7.35. The molecule has 26 heavy (non-hydrogen) atoms. The maximum absolute atomic E-state index is 12.4. The van der Waals surface area contributed by atoms with Crippen molar-refractivity contribution in [1.29, 1.82) is 0 Å². The van der Waals surface area contributed by atoms with Crippen LogP contribution in [0, 0.1) is 0 Å². The predicted molar refractivity (Wildman–Crippen MR) is 104 cm³/mol. The van der Waals surface area contributed by atoms with Gasteiger partial charge in [0.15, 0.2) is 0 Å². The van der Waals surface area contributed by atoms with Crippen molar-refractivity contribution in [2.75, 3.05) is 18.4 Å². The highest BCUT2D eigenvalue weighted by molar-refractivity contribution is 5.92. The van der Waals surface area contributed by atoms with Crippen molar-refractivity contribution >= 4 is 28.7 Å². The summed E-state index contributed by atoms with van der Waals surface area (Å²) in [6.07, 6.45) is 5.96. The average Bonchev–Trinajstić information content (AvgIpc) is 3.15. The van der Waals surface area contributed by atoms with E-state index in [1.165, 1.54) is 0 Å². The van der Waals surface area contributed by atoms with E-state index in [4.69, 9.17) is 0 Å². The van der Waals surface area contributed by atoms with Crippen molar-refractivity contribution in [3.05, 3.63) is 72.6 Å². The molecule has 1 aromatic heterocycles. The molecular weight excluding hydrogens is 324 g/mol. The molecule has 1 aliphatic rings. The monoisotopic (exact) mass is 344 g/mol. The van der Waals surface area contributed by atoms with Gasteiger partial charge in [0, 0.05) is 30.9 Å². The van der Waals surface area contributed by atoms with Crippen molar-refractivity contribution < 1.29 is 4.79 Å². The largest absolute Gasteiger partial charge is 0.380 e. The second-order valence-electron chi connectivity index (χ2n) is 6.40. The molecule has 130 valence electrons. The van der Waals surface area contributed by atoms with Gasteiger partial charge in [-0.3, -0.25) is 9.78 Å². The summed E-state index contributed by atoms with van der Waals surface area (Å²) < 4.78 is 0. The smallest absolute Gasteiger partial charge is 0.246 e. The van der Waals surface area contributed by atoms with Crippen LogP contribution in [0.15, 0.2) is 66.9 Å². The highest BCUT2D eigenvalue weighted by atomic mass is 16.2. The number of carbonyl (C=O) groups excluding carboxylic acids is 1. The molecule has 0 radical (unpaired) electrons. The lowest BCUT2D eigenvalue weighted by atomic mass is 10.2. The zero-order valence-corrected chi connectivity index (χ0v) is 14.4. The number of hydrogen-bond donors (Lipinski definition) is 1. The van der Waals surface area contributed by atoms with E-state index in [1.807, 2.05) is 59.5 Å². The minimum atomic E-state index is 0.0114. The van der Waals surface area contributed by atoms with Crippen LogP contribution in [0.2, 0.25) is 0 Å². The molecule has 5 nitrogen and oxygen atoms in total. The Balaban J connectivity index is 1.37. The number of benzene rings is 2. The summed E-state index contributed by atoms with van der Waals surface area (Å²) in [6.45, 7) is 1.47. The number of aromatic nitrogens is 2. The Labute approximate surface area is 152 Å². The first kappa shape index (κ1) is 16.3. The number of carbonyl (C=O) groups is 1. The zero-order chi connectivity index (χ0) is 17.8. The third-order valence-corrected chi connectivity index (χ3v) is 4.51. The summed E-state index contributed by atoms with van der Waals surface area (Å²) in [5.41, 5.74) is 3.46. The molecule has 4 rings (SSSR count). The average molecular weight is 344 g/mol. The molecule has 0 bridgehead atoms. The molecule has 1 unspecified atom stereocenters. The fourth-order valence-corrected chi connectivity index (χ4v) is 3.16. The number of nitrogens with zero attached hydrogens (tertiary/aromatic N) is 3. The van der Waals surface area contributed by atoms with Gasteiger partial charge in [0.1, 0.15) is 0 Å². The maximum atomic E-state index is 12.4. The minimum Gasteiger partial charge on any atom is -0.380 e. The van der Waals surface area contributed by atoms with Crippen LogP contribution in [0.25, 0.3) is 17.1 Å². The molecule has 3 aromatic rings. The van der Waals surface area contributed by atoms with Gasteiger partial charge in [0.2, 0.25) is 5.91 Å². The van der Waals surface area contributed by atoms with Crippen molar-refractivity contribution in [1.82, 2.24) is 14.9 Å². The van der Waals surface area contributed by atoms with Crippen LogP contribution >= 0.6 is 0 Å². The highest BCUT2D eigenvalue weighted by Crippen LogP contribution is 2.16. The molecule has 1 N–H and O–H groups in total. The van der Waals surface area contributed by atoms with E-state index < -0.39 is 0 Å². The number of hydrogen-bond acceptors (Lipinski definition) is 4. The molecular formula is C21H20N4O. The van der Waals surface area contributed by atoms with Gasteiger partial charge in [-0.15, -0.1) is 0 Å². The standard InChI is InChI=1S/C21H20N4O/c26-21(11-10-17-14-22-19-8-4-5-9-20(19)24-17)25-13-12-18(15-25)23-16-6-2-1-3-7-16/h1-11,14,18,23H,12-13,15H2/b11-10+. The van der Waals surface area contributed by atoms with E-state index in [1.54, 1.807) is 18.3 Å². The topological polar surface area (TPSA) is 58.1 Å². The van der Waals surface area contributed by atoms with Crippen LogP contribution < -0.4 is 5.32 Å². The van der Waals surface area contributed by atoms with Gasteiger partial charge < -0.3 is 10.2 Å². The van der Waals surface area contributed by atoms with Crippen molar-refractivity contribution in [2.24, 2.45) is 0 Å². The molecule has 0 spiro atoms. The maximum Gasteiger partial charge on any atom is 0.246 e. The first-order valence-electron chi connectivity index (χ1n) is 8.78. The Morgan fingerprint density at radius 1 is 1.08 bits per heavy atom. The number of likely N-dealkylation sites (tertiary alicyclic amines) is 1. The van der Waals surface area contributed by atoms with Crippen LogP contribution in [-0.2, 0) is 4.79 Å². The molecule has 1 atom stereocenters. The molecule has 1 fully saturated rings. The van der Waals surface area contributed by atoms with Crippen molar-refractivity contribution in [3.63, 3.8) is 0 Å². The highest BCUT2D eigenvalue weighted by Gasteiger charge is 2.24. The summed E-state index contributed by atoms with van der Waals surface area (Å²) in [7, 11) is 0. The van der Waals surface area contributed by atoms with Gasteiger partial charge in [-0.2, -0.15) is 0 Å². The van der Waals surface area contributed by atoms with E-state index >= 15 is 0 Å². The summed E-state index contributed by atoms with van der Waals surface area (Å²) in [4.78, 5) is 23.2. The quantitative estimate of drug-likeness (QED) is 0.738.